The van der Waals surface area contributed by atoms with Gasteiger partial charge in [0, 0.05) is 18.4 Å². The van der Waals surface area contributed by atoms with Crippen LogP contribution in [-0.4, -0.2) is 35.0 Å². The Morgan fingerprint density at radius 3 is 2.72 bits per heavy atom. The minimum Gasteiger partial charge on any atom is -0.444 e. The normalized spacial score (nSPS) is 32.2. The van der Waals surface area contributed by atoms with E-state index in [1.807, 2.05) is 25.7 Å². The summed E-state index contributed by atoms with van der Waals surface area (Å²) < 4.78 is 5.46. The van der Waals surface area contributed by atoms with Crippen molar-refractivity contribution in [1.82, 2.24) is 4.90 Å². The average molecular weight is 318 g/mol. The zero-order chi connectivity index (χ0) is 13.4. The second-order valence-corrected chi connectivity index (χ2v) is 7.56. The van der Waals surface area contributed by atoms with E-state index in [2.05, 4.69) is 15.9 Å². The molecule has 104 valence electrons. The number of carbonyl (C=O) groups is 1. The molecule has 1 amide bonds. The Morgan fingerprint density at radius 1 is 1.44 bits per heavy atom. The van der Waals surface area contributed by atoms with Crippen molar-refractivity contribution in [1.29, 1.82) is 0 Å². The molecular weight excluding hydrogens is 294 g/mol. The lowest BCUT2D eigenvalue weighted by molar-refractivity contribution is 0.0273. The Kier molecular flexibility index (Phi) is 3.96. The number of hydrogen-bond donors (Lipinski definition) is 0. The predicted octanol–water partition coefficient (Wildman–Crippen LogP) is 3.81. The van der Waals surface area contributed by atoms with E-state index in [0.717, 1.165) is 30.8 Å². The molecule has 0 aromatic rings. The van der Waals surface area contributed by atoms with Crippen LogP contribution in [0, 0.1) is 11.3 Å². The average Bonchev–Trinajstić information content (AvgIpc) is 2.84. The maximum absolute atomic E-state index is 12.0. The summed E-state index contributed by atoms with van der Waals surface area (Å²) in [5.74, 6) is 0.795. The molecule has 3 nitrogen and oxygen atoms in total. The first-order chi connectivity index (χ1) is 8.34. The van der Waals surface area contributed by atoms with Crippen molar-refractivity contribution in [3.8, 4) is 0 Å². The second-order valence-electron chi connectivity index (χ2n) is 6.92. The Morgan fingerprint density at radius 2 is 2.17 bits per heavy atom. The van der Waals surface area contributed by atoms with Crippen molar-refractivity contribution in [2.75, 3.05) is 18.4 Å². The summed E-state index contributed by atoms with van der Waals surface area (Å²) in [4.78, 5) is 14.0. The number of rotatable bonds is 1. The van der Waals surface area contributed by atoms with Crippen LogP contribution >= 0.6 is 15.9 Å². The quantitative estimate of drug-likeness (QED) is 0.688. The molecule has 0 radical (unpaired) electrons. The molecule has 1 aliphatic heterocycles. The van der Waals surface area contributed by atoms with Gasteiger partial charge in [0.1, 0.15) is 5.60 Å². The summed E-state index contributed by atoms with van der Waals surface area (Å²) in [6.45, 7) is 7.53. The van der Waals surface area contributed by atoms with Crippen LogP contribution in [0.3, 0.4) is 0 Å². The van der Waals surface area contributed by atoms with Crippen LogP contribution in [0.25, 0.3) is 0 Å². The van der Waals surface area contributed by atoms with Gasteiger partial charge in [-0.15, -0.1) is 0 Å². The molecule has 1 saturated carbocycles. The zero-order valence-corrected chi connectivity index (χ0v) is 13.3. The summed E-state index contributed by atoms with van der Waals surface area (Å²) >= 11 is 3.59. The lowest BCUT2D eigenvalue weighted by atomic mass is 9.85. The maximum Gasteiger partial charge on any atom is 0.410 e. The van der Waals surface area contributed by atoms with Crippen molar-refractivity contribution in [2.24, 2.45) is 11.3 Å². The number of hydrogen-bond acceptors (Lipinski definition) is 2. The maximum atomic E-state index is 12.0. The number of halogens is 1. The first-order valence-corrected chi connectivity index (χ1v) is 8.00. The van der Waals surface area contributed by atoms with Crippen LogP contribution in [0.4, 0.5) is 4.79 Å². The van der Waals surface area contributed by atoms with Gasteiger partial charge in [-0.05, 0) is 57.8 Å². The summed E-state index contributed by atoms with van der Waals surface area (Å²) in [6, 6.07) is 0. The van der Waals surface area contributed by atoms with Gasteiger partial charge < -0.3 is 9.64 Å². The second kappa shape index (κ2) is 5.03. The van der Waals surface area contributed by atoms with Crippen molar-refractivity contribution in [2.45, 2.75) is 52.1 Å². The van der Waals surface area contributed by atoms with Crippen LogP contribution in [-0.2, 0) is 4.74 Å². The number of amides is 1. The third kappa shape index (κ3) is 3.19. The number of alkyl halides is 1. The molecule has 2 atom stereocenters. The van der Waals surface area contributed by atoms with Crippen molar-refractivity contribution < 1.29 is 9.53 Å². The Labute approximate surface area is 118 Å². The third-order valence-corrected chi connectivity index (χ3v) is 5.03. The van der Waals surface area contributed by atoms with Gasteiger partial charge in [0.15, 0.2) is 0 Å². The fraction of sp³-hybridized carbons (Fsp3) is 0.929. The molecule has 2 aliphatic rings. The van der Waals surface area contributed by atoms with E-state index in [-0.39, 0.29) is 11.7 Å². The Balaban J connectivity index is 1.91. The molecule has 1 heterocycles. The predicted molar refractivity (Wildman–Crippen MR) is 76.0 cm³/mol. The number of carbonyl (C=O) groups excluding carboxylic acids is 1. The first-order valence-electron chi connectivity index (χ1n) is 6.87. The highest BCUT2D eigenvalue weighted by Gasteiger charge is 2.45. The monoisotopic (exact) mass is 317 g/mol. The van der Waals surface area contributed by atoms with E-state index in [9.17, 15) is 4.79 Å². The minimum atomic E-state index is -0.388. The third-order valence-electron chi connectivity index (χ3n) is 4.11. The molecule has 1 spiro atoms. The number of likely N-dealkylation sites (tertiary alicyclic amines) is 1. The highest BCUT2D eigenvalue weighted by Crippen LogP contribution is 2.48. The number of ether oxygens (including phenoxy) is 1. The zero-order valence-electron chi connectivity index (χ0n) is 11.7. The van der Waals surface area contributed by atoms with Crippen molar-refractivity contribution in [3.05, 3.63) is 0 Å². The van der Waals surface area contributed by atoms with Gasteiger partial charge in [0.05, 0.1) is 0 Å². The highest BCUT2D eigenvalue weighted by molar-refractivity contribution is 9.09. The van der Waals surface area contributed by atoms with Gasteiger partial charge >= 0.3 is 6.09 Å². The Hall–Kier alpha value is -0.250. The van der Waals surface area contributed by atoms with Gasteiger partial charge in [-0.25, -0.2) is 4.79 Å². The lowest BCUT2D eigenvalue weighted by Crippen LogP contribution is -2.36. The lowest BCUT2D eigenvalue weighted by Gasteiger charge is -2.27. The van der Waals surface area contributed by atoms with E-state index < -0.39 is 0 Å². The summed E-state index contributed by atoms with van der Waals surface area (Å²) in [7, 11) is 0. The van der Waals surface area contributed by atoms with E-state index >= 15 is 0 Å². The molecule has 2 rings (SSSR count). The highest BCUT2D eigenvalue weighted by atomic mass is 79.9. The topological polar surface area (TPSA) is 29.5 Å². The van der Waals surface area contributed by atoms with Crippen LogP contribution in [0.5, 0.6) is 0 Å². The first kappa shape index (κ1) is 14.2. The molecule has 1 aliphatic carbocycles. The van der Waals surface area contributed by atoms with Crippen molar-refractivity contribution in [3.63, 3.8) is 0 Å². The molecule has 0 bridgehead atoms. The summed E-state index contributed by atoms with van der Waals surface area (Å²) in [5.41, 5.74) is -0.00372. The molecule has 1 saturated heterocycles. The van der Waals surface area contributed by atoms with Gasteiger partial charge in [-0.1, -0.05) is 15.9 Å². The summed E-state index contributed by atoms with van der Waals surface area (Å²) in [6.07, 6.45) is 4.84. The van der Waals surface area contributed by atoms with Gasteiger partial charge in [-0.3, -0.25) is 0 Å². The van der Waals surface area contributed by atoms with E-state index in [4.69, 9.17) is 4.74 Å². The van der Waals surface area contributed by atoms with E-state index in [1.165, 1.54) is 19.3 Å². The Bertz CT molecular complexity index is 326. The van der Waals surface area contributed by atoms with Gasteiger partial charge in [0.25, 0.3) is 0 Å². The van der Waals surface area contributed by atoms with Crippen LogP contribution < -0.4 is 0 Å². The summed E-state index contributed by atoms with van der Waals surface area (Å²) in [5, 5.41) is 1.10. The molecular formula is C14H24BrNO2. The van der Waals surface area contributed by atoms with E-state index in [0.29, 0.717) is 5.41 Å². The fourth-order valence-corrected chi connectivity index (χ4v) is 3.80. The minimum absolute atomic E-state index is 0.137. The van der Waals surface area contributed by atoms with Gasteiger partial charge in [-0.2, -0.15) is 0 Å². The van der Waals surface area contributed by atoms with Crippen molar-refractivity contribution >= 4 is 22.0 Å². The molecule has 4 heteroatoms. The largest absolute Gasteiger partial charge is 0.444 e. The smallest absolute Gasteiger partial charge is 0.410 e. The molecule has 2 unspecified atom stereocenters. The SMILES string of the molecule is CC(C)(C)OC(=O)N1CCC2(CCC(CBr)C2)C1. The number of nitrogens with zero attached hydrogens (tertiary/aromatic N) is 1. The van der Waals surface area contributed by atoms with E-state index in [1.54, 1.807) is 0 Å². The molecule has 2 fully saturated rings. The molecule has 18 heavy (non-hydrogen) atoms. The van der Waals surface area contributed by atoms with Crippen LogP contribution in [0.15, 0.2) is 0 Å². The standard InChI is InChI=1S/C14H24BrNO2/c1-13(2,3)18-12(17)16-7-6-14(10-16)5-4-11(8-14)9-15/h11H,4-10H2,1-3H3. The molecule has 0 aromatic heterocycles. The van der Waals surface area contributed by atoms with Gasteiger partial charge in [0.2, 0.25) is 0 Å². The van der Waals surface area contributed by atoms with Crippen LogP contribution in [0.1, 0.15) is 46.5 Å². The molecule has 0 N–H and O–H groups in total. The van der Waals surface area contributed by atoms with Crippen LogP contribution in [0.2, 0.25) is 0 Å². The molecule has 0 aromatic carbocycles. The fourth-order valence-electron chi connectivity index (χ4n) is 3.25.